The maximum atomic E-state index is 5.13. The highest BCUT2D eigenvalue weighted by Crippen LogP contribution is 2.05. The van der Waals surface area contributed by atoms with Crippen molar-refractivity contribution >= 4 is 35.6 Å². The summed E-state index contributed by atoms with van der Waals surface area (Å²) >= 11 is 0. The normalized spacial score (nSPS) is 12.7. The molecule has 0 radical (unpaired) electrons. The highest BCUT2D eigenvalue weighted by atomic mass is 127. The van der Waals surface area contributed by atoms with Gasteiger partial charge in [0.05, 0.1) is 6.61 Å². The first-order valence-electron chi connectivity index (χ1n) is 8.07. The molecule has 2 heterocycles. The van der Waals surface area contributed by atoms with Crippen LogP contribution in [0, 0.1) is 0 Å². The summed E-state index contributed by atoms with van der Waals surface area (Å²) < 4.78 is 7.16. The second kappa shape index (κ2) is 11.2. The number of ether oxygens (including phenoxy) is 1. The maximum absolute atomic E-state index is 5.13. The van der Waals surface area contributed by atoms with Crippen LogP contribution >= 0.6 is 24.0 Å². The van der Waals surface area contributed by atoms with E-state index in [-0.39, 0.29) is 30.0 Å². The number of methoxy groups -OCH3 is 1. The summed E-state index contributed by atoms with van der Waals surface area (Å²) in [6, 6.07) is 6.13. The summed E-state index contributed by atoms with van der Waals surface area (Å²) in [5, 5.41) is 15.0. The van der Waals surface area contributed by atoms with E-state index in [1.807, 2.05) is 28.8 Å². The van der Waals surface area contributed by atoms with Gasteiger partial charge in [-0.25, -0.2) is 0 Å². The number of aryl methyl sites for hydroxylation is 1. The molecule has 0 fully saturated rings. The van der Waals surface area contributed by atoms with Crippen LogP contribution in [0.3, 0.4) is 0 Å². The number of guanidine groups is 1. The summed E-state index contributed by atoms with van der Waals surface area (Å²) in [4.78, 5) is 4.60. The second-order valence-electron chi connectivity index (χ2n) is 5.41. The van der Waals surface area contributed by atoms with Crippen LogP contribution in [-0.4, -0.2) is 53.4 Å². The molecule has 2 rings (SSSR count). The Labute approximate surface area is 160 Å². The van der Waals surface area contributed by atoms with Gasteiger partial charge < -0.3 is 15.4 Å². The lowest BCUT2D eigenvalue weighted by Gasteiger charge is -2.16. The zero-order chi connectivity index (χ0) is 16.5. The van der Waals surface area contributed by atoms with Crippen LogP contribution in [0.5, 0.6) is 0 Å². The molecule has 7 nitrogen and oxygen atoms in total. The summed E-state index contributed by atoms with van der Waals surface area (Å²) in [6.07, 6.45) is 3.76. The van der Waals surface area contributed by atoms with Gasteiger partial charge in [-0.2, -0.15) is 0 Å². The number of aromatic nitrogens is 3. The van der Waals surface area contributed by atoms with Crippen molar-refractivity contribution in [3.63, 3.8) is 0 Å². The molecule has 24 heavy (non-hydrogen) atoms. The molecule has 0 amide bonds. The molecule has 0 aromatic carbocycles. The van der Waals surface area contributed by atoms with Crippen molar-refractivity contribution in [2.75, 3.05) is 26.8 Å². The molecule has 0 spiro atoms. The van der Waals surface area contributed by atoms with Gasteiger partial charge in [-0.1, -0.05) is 6.07 Å². The summed E-state index contributed by atoms with van der Waals surface area (Å²) in [5.41, 5.74) is 0.884. The fraction of sp³-hybridized carbons (Fsp3) is 0.562. The van der Waals surface area contributed by atoms with Gasteiger partial charge in [-0.3, -0.25) is 9.39 Å². The smallest absolute Gasteiger partial charge is 0.191 e. The molecule has 134 valence electrons. The Kier molecular flexibility index (Phi) is 9.62. The van der Waals surface area contributed by atoms with E-state index in [9.17, 15) is 0 Å². The molecule has 2 aromatic rings. The van der Waals surface area contributed by atoms with Crippen LogP contribution in [0.1, 0.15) is 26.1 Å². The first kappa shape index (κ1) is 20.6. The monoisotopic (exact) mass is 446 g/mol. The minimum Gasteiger partial charge on any atom is -0.383 e. The average Bonchev–Trinajstić information content (AvgIpc) is 2.95. The highest BCUT2D eigenvalue weighted by Gasteiger charge is 2.05. The van der Waals surface area contributed by atoms with E-state index < -0.39 is 0 Å². The zero-order valence-electron chi connectivity index (χ0n) is 14.5. The van der Waals surface area contributed by atoms with Crippen molar-refractivity contribution in [2.24, 2.45) is 4.99 Å². The van der Waals surface area contributed by atoms with E-state index in [1.54, 1.807) is 7.11 Å². The molecule has 0 aliphatic heterocycles. The number of nitrogens with zero attached hydrogens (tertiary/aromatic N) is 4. The van der Waals surface area contributed by atoms with Crippen LogP contribution in [0.15, 0.2) is 29.4 Å². The quantitative estimate of drug-likeness (QED) is 0.280. The molecule has 0 aliphatic rings. The second-order valence-corrected chi connectivity index (χ2v) is 5.41. The molecule has 1 atom stereocenters. The van der Waals surface area contributed by atoms with Gasteiger partial charge in [0.2, 0.25) is 0 Å². The summed E-state index contributed by atoms with van der Waals surface area (Å²) in [5.74, 6) is 1.80. The molecular formula is C16H27IN6O. The Bertz CT molecular complexity index is 630. The number of halogens is 1. The van der Waals surface area contributed by atoms with Crippen molar-refractivity contribution in [3.8, 4) is 0 Å². The zero-order valence-corrected chi connectivity index (χ0v) is 16.9. The van der Waals surface area contributed by atoms with Crippen LogP contribution in [0.2, 0.25) is 0 Å². The Balaban J connectivity index is 0.00000288. The van der Waals surface area contributed by atoms with Crippen molar-refractivity contribution in [2.45, 2.75) is 32.7 Å². The summed E-state index contributed by atoms with van der Waals surface area (Å²) in [6.45, 7) is 6.34. The topological polar surface area (TPSA) is 75.8 Å². The standard InChI is InChI=1S/C16H26N6O.HI/c1-4-17-16(19-13(2)12-23-3)18-10-7-9-15-21-20-14-8-5-6-11-22(14)15;/h5-6,8,11,13H,4,7,9-10,12H2,1-3H3,(H2,17,18,19);1H. The molecule has 0 saturated heterocycles. The highest BCUT2D eigenvalue weighted by molar-refractivity contribution is 14.0. The number of hydrogen-bond acceptors (Lipinski definition) is 4. The van der Waals surface area contributed by atoms with Gasteiger partial charge >= 0.3 is 0 Å². The number of nitrogens with one attached hydrogen (secondary N) is 2. The van der Waals surface area contributed by atoms with Gasteiger partial charge in [-0.15, -0.1) is 34.2 Å². The van der Waals surface area contributed by atoms with Crippen LogP contribution in [0.25, 0.3) is 5.65 Å². The van der Waals surface area contributed by atoms with E-state index in [0.717, 1.165) is 43.4 Å². The predicted octanol–water partition coefficient (Wildman–Crippen LogP) is 1.87. The fourth-order valence-corrected chi connectivity index (χ4v) is 2.33. The van der Waals surface area contributed by atoms with Crippen LogP contribution in [-0.2, 0) is 11.2 Å². The van der Waals surface area contributed by atoms with Gasteiger partial charge in [0, 0.05) is 38.9 Å². The largest absolute Gasteiger partial charge is 0.383 e. The lowest BCUT2D eigenvalue weighted by atomic mass is 10.3. The molecule has 0 bridgehead atoms. The van der Waals surface area contributed by atoms with Crippen molar-refractivity contribution in [1.82, 2.24) is 25.2 Å². The Morgan fingerprint density at radius 2 is 2.21 bits per heavy atom. The van der Waals surface area contributed by atoms with E-state index in [1.165, 1.54) is 0 Å². The van der Waals surface area contributed by atoms with E-state index in [0.29, 0.717) is 6.61 Å². The lowest BCUT2D eigenvalue weighted by Crippen LogP contribution is -2.44. The minimum absolute atomic E-state index is 0. The average molecular weight is 446 g/mol. The van der Waals surface area contributed by atoms with Crippen LogP contribution < -0.4 is 10.6 Å². The van der Waals surface area contributed by atoms with Gasteiger partial charge in [-0.05, 0) is 32.4 Å². The summed E-state index contributed by atoms with van der Waals surface area (Å²) in [7, 11) is 1.70. The number of pyridine rings is 1. The number of aliphatic imine (C=N–C) groups is 1. The van der Waals surface area contributed by atoms with E-state index >= 15 is 0 Å². The van der Waals surface area contributed by atoms with E-state index in [2.05, 4.69) is 39.7 Å². The molecule has 0 aliphatic carbocycles. The maximum Gasteiger partial charge on any atom is 0.191 e. The minimum atomic E-state index is 0. The third-order valence-corrected chi connectivity index (χ3v) is 3.36. The Morgan fingerprint density at radius 1 is 1.38 bits per heavy atom. The SMILES string of the molecule is CCNC(=NCCCc1nnc2ccccn12)NC(C)COC.I. The fourth-order valence-electron chi connectivity index (χ4n) is 2.33. The lowest BCUT2D eigenvalue weighted by molar-refractivity contribution is 0.179. The van der Waals surface area contributed by atoms with E-state index in [4.69, 9.17) is 4.74 Å². The molecule has 2 N–H and O–H groups in total. The van der Waals surface area contributed by atoms with Crippen molar-refractivity contribution in [1.29, 1.82) is 0 Å². The number of hydrogen-bond donors (Lipinski definition) is 2. The first-order chi connectivity index (χ1) is 11.2. The third-order valence-electron chi connectivity index (χ3n) is 3.36. The number of rotatable bonds is 8. The van der Waals surface area contributed by atoms with Gasteiger partial charge in [0.1, 0.15) is 5.82 Å². The predicted molar refractivity (Wildman–Crippen MR) is 107 cm³/mol. The van der Waals surface area contributed by atoms with Gasteiger partial charge in [0.25, 0.3) is 0 Å². The number of fused-ring (bicyclic) bond motifs is 1. The van der Waals surface area contributed by atoms with Crippen molar-refractivity contribution in [3.05, 3.63) is 30.2 Å². The van der Waals surface area contributed by atoms with Crippen LogP contribution in [0.4, 0.5) is 0 Å². The molecular weight excluding hydrogens is 419 g/mol. The third kappa shape index (κ3) is 6.23. The molecule has 1 unspecified atom stereocenters. The molecule has 0 saturated carbocycles. The molecule has 8 heteroatoms. The molecule has 2 aromatic heterocycles. The van der Waals surface area contributed by atoms with Gasteiger partial charge in [0.15, 0.2) is 11.6 Å². The first-order valence-corrected chi connectivity index (χ1v) is 8.07. The Morgan fingerprint density at radius 3 is 2.96 bits per heavy atom. The van der Waals surface area contributed by atoms with Crippen molar-refractivity contribution < 1.29 is 4.74 Å². The Hall–Kier alpha value is -1.42.